The second kappa shape index (κ2) is 3.99. The van der Waals surface area contributed by atoms with Gasteiger partial charge >= 0.3 is 0 Å². The minimum Gasteiger partial charge on any atom is -0.244 e. The van der Waals surface area contributed by atoms with Gasteiger partial charge in [-0.1, -0.05) is 23.7 Å². The lowest BCUT2D eigenvalue weighted by molar-refractivity contribution is 0.628. The molecular formula is C12H9ClFN. The molecule has 0 atom stereocenters. The number of aromatic nitrogens is 1. The Balaban J connectivity index is 2.54. The van der Waals surface area contributed by atoms with Crippen LogP contribution in [0.15, 0.2) is 36.5 Å². The van der Waals surface area contributed by atoms with Crippen LogP contribution in [-0.4, -0.2) is 4.98 Å². The summed E-state index contributed by atoms with van der Waals surface area (Å²) >= 11 is 5.75. The first-order chi connectivity index (χ1) is 7.16. The molecule has 0 fully saturated rings. The summed E-state index contributed by atoms with van der Waals surface area (Å²) in [4.78, 5) is 3.99. The van der Waals surface area contributed by atoms with Crippen molar-refractivity contribution in [2.24, 2.45) is 0 Å². The van der Waals surface area contributed by atoms with Crippen LogP contribution in [0.5, 0.6) is 0 Å². The molecule has 0 amide bonds. The van der Waals surface area contributed by atoms with Crippen molar-refractivity contribution in [1.29, 1.82) is 0 Å². The molecule has 0 saturated heterocycles. The highest BCUT2D eigenvalue weighted by atomic mass is 35.5. The highest BCUT2D eigenvalue weighted by Gasteiger charge is 2.03. The molecule has 0 radical (unpaired) electrons. The van der Waals surface area contributed by atoms with E-state index in [4.69, 9.17) is 11.6 Å². The maximum atomic E-state index is 13.0. The monoisotopic (exact) mass is 221 g/mol. The number of aryl methyl sites for hydroxylation is 1. The molecule has 15 heavy (non-hydrogen) atoms. The van der Waals surface area contributed by atoms with Crippen LogP contribution in [0, 0.1) is 12.7 Å². The highest BCUT2D eigenvalue weighted by Crippen LogP contribution is 2.24. The van der Waals surface area contributed by atoms with Gasteiger partial charge < -0.3 is 0 Å². The Kier molecular flexibility index (Phi) is 2.69. The van der Waals surface area contributed by atoms with Crippen LogP contribution >= 0.6 is 11.6 Å². The Bertz CT molecular complexity index is 497. The number of hydrogen-bond acceptors (Lipinski definition) is 1. The van der Waals surface area contributed by atoms with E-state index in [1.807, 2.05) is 13.0 Å². The van der Waals surface area contributed by atoms with Crippen molar-refractivity contribution in [1.82, 2.24) is 4.98 Å². The fraction of sp³-hybridized carbons (Fsp3) is 0.0833. The van der Waals surface area contributed by atoms with Gasteiger partial charge in [0.25, 0.3) is 0 Å². The molecule has 1 heterocycles. The van der Waals surface area contributed by atoms with Crippen LogP contribution in [0.4, 0.5) is 4.39 Å². The van der Waals surface area contributed by atoms with Crippen LogP contribution in [-0.2, 0) is 0 Å². The molecular weight excluding hydrogens is 213 g/mol. The van der Waals surface area contributed by atoms with Crippen molar-refractivity contribution in [3.8, 4) is 11.1 Å². The minimum absolute atomic E-state index is 0.248. The predicted octanol–water partition coefficient (Wildman–Crippen LogP) is 3.85. The van der Waals surface area contributed by atoms with E-state index in [1.54, 1.807) is 18.3 Å². The van der Waals surface area contributed by atoms with Gasteiger partial charge in [0.1, 0.15) is 11.0 Å². The van der Waals surface area contributed by atoms with Crippen LogP contribution in [0.1, 0.15) is 5.56 Å². The van der Waals surface area contributed by atoms with Gasteiger partial charge in [-0.15, -0.1) is 0 Å². The fourth-order valence-electron chi connectivity index (χ4n) is 1.48. The zero-order chi connectivity index (χ0) is 10.8. The normalized spacial score (nSPS) is 10.3. The molecule has 0 aliphatic rings. The molecule has 1 aromatic carbocycles. The molecule has 0 spiro atoms. The first-order valence-corrected chi connectivity index (χ1v) is 4.93. The van der Waals surface area contributed by atoms with Gasteiger partial charge in [-0.2, -0.15) is 0 Å². The molecule has 0 aliphatic carbocycles. The highest BCUT2D eigenvalue weighted by molar-refractivity contribution is 6.29. The van der Waals surface area contributed by atoms with Crippen molar-refractivity contribution in [2.75, 3.05) is 0 Å². The van der Waals surface area contributed by atoms with E-state index in [1.165, 1.54) is 12.1 Å². The maximum Gasteiger partial charge on any atom is 0.129 e. The average molecular weight is 222 g/mol. The number of rotatable bonds is 1. The second-order valence-corrected chi connectivity index (χ2v) is 3.72. The second-order valence-electron chi connectivity index (χ2n) is 3.33. The van der Waals surface area contributed by atoms with Gasteiger partial charge in [0.05, 0.1) is 0 Å². The number of halogens is 2. The Morgan fingerprint density at radius 2 is 2.07 bits per heavy atom. The Labute approximate surface area is 92.5 Å². The largest absolute Gasteiger partial charge is 0.244 e. The van der Waals surface area contributed by atoms with Crippen molar-refractivity contribution >= 4 is 11.6 Å². The van der Waals surface area contributed by atoms with Gasteiger partial charge in [0.2, 0.25) is 0 Å². The molecule has 0 unspecified atom stereocenters. The third-order valence-corrected chi connectivity index (χ3v) is 2.42. The molecule has 0 aliphatic heterocycles. The van der Waals surface area contributed by atoms with E-state index < -0.39 is 0 Å². The van der Waals surface area contributed by atoms with Crippen molar-refractivity contribution in [3.63, 3.8) is 0 Å². The minimum atomic E-state index is -0.248. The maximum absolute atomic E-state index is 13.0. The Morgan fingerprint density at radius 1 is 1.27 bits per heavy atom. The van der Waals surface area contributed by atoms with E-state index >= 15 is 0 Å². The van der Waals surface area contributed by atoms with Crippen LogP contribution in [0.2, 0.25) is 5.15 Å². The molecule has 0 bridgehead atoms. The molecule has 76 valence electrons. The van der Waals surface area contributed by atoms with E-state index in [-0.39, 0.29) is 5.82 Å². The van der Waals surface area contributed by atoms with Gasteiger partial charge in [-0.25, -0.2) is 9.37 Å². The summed E-state index contributed by atoms with van der Waals surface area (Å²) in [5, 5.41) is 0.452. The lowest BCUT2D eigenvalue weighted by atomic mass is 10.0. The lowest BCUT2D eigenvalue weighted by Gasteiger charge is -2.05. The molecule has 1 nitrogen and oxygen atoms in total. The van der Waals surface area contributed by atoms with E-state index in [0.29, 0.717) is 5.15 Å². The summed E-state index contributed by atoms with van der Waals surface area (Å²) in [6.07, 6.45) is 1.66. The summed E-state index contributed by atoms with van der Waals surface area (Å²) in [6, 6.07) is 8.20. The zero-order valence-corrected chi connectivity index (χ0v) is 8.92. The topological polar surface area (TPSA) is 12.9 Å². The molecule has 3 heteroatoms. The summed E-state index contributed by atoms with van der Waals surface area (Å²) < 4.78 is 13.0. The quantitative estimate of drug-likeness (QED) is 0.667. The van der Waals surface area contributed by atoms with Gasteiger partial charge in [-0.05, 0) is 36.2 Å². The van der Waals surface area contributed by atoms with Crippen LogP contribution in [0.3, 0.4) is 0 Å². The van der Waals surface area contributed by atoms with Gasteiger partial charge in [0, 0.05) is 11.8 Å². The van der Waals surface area contributed by atoms with Gasteiger partial charge in [0.15, 0.2) is 0 Å². The fourth-order valence-corrected chi connectivity index (χ4v) is 1.69. The average Bonchev–Trinajstić information content (AvgIpc) is 2.17. The van der Waals surface area contributed by atoms with Crippen molar-refractivity contribution in [2.45, 2.75) is 6.92 Å². The first-order valence-electron chi connectivity index (χ1n) is 4.55. The Morgan fingerprint density at radius 3 is 2.73 bits per heavy atom. The third-order valence-electron chi connectivity index (χ3n) is 2.21. The lowest BCUT2D eigenvalue weighted by Crippen LogP contribution is -1.86. The standard InChI is InChI=1S/C12H9ClFN/c1-8-5-12(13)15-7-11(8)9-3-2-4-10(14)6-9/h2-7H,1H3. The number of hydrogen-bond donors (Lipinski definition) is 0. The van der Waals surface area contributed by atoms with Crippen LogP contribution in [0.25, 0.3) is 11.1 Å². The summed E-state index contributed by atoms with van der Waals surface area (Å²) in [5.41, 5.74) is 2.70. The first kappa shape index (κ1) is 10.1. The van der Waals surface area contributed by atoms with E-state index in [0.717, 1.165) is 16.7 Å². The number of pyridine rings is 1. The van der Waals surface area contributed by atoms with Crippen LogP contribution < -0.4 is 0 Å². The number of benzene rings is 1. The molecule has 1 aromatic heterocycles. The van der Waals surface area contributed by atoms with Crippen molar-refractivity contribution < 1.29 is 4.39 Å². The summed E-state index contributed by atoms with van der Waals surface area (Å²) in [7, 11) is 0. The molecule has 0 N–H and O–H groups in total. The SMILES string of the molecule is Cc1cc(Cl)ncc1-c1cccc(F)c1. The van der Waals surface area contributed by atoms with Gasteiger partial charge in [-0.3, -0.25) is 0 Å². The third kappa shape index (κ3) is 2.16. The predicted molar refractivity (Wildman–Crippen MR) is 59.4 cm³/mol. The molecule has 2 rings (SSSR count). The van der Waals surface area contributed by atoms with E-state index in [9.17, 15) is 4.39 Å². The number of nitrogens with zero attached hydrogens (tertiary/aromatic N) is 1. The van der Waals surface area contributed by atoms with Crippen molar-refractivity contribution in [3.05, 3.63) is 53.1 Å². The summed E-state index contributed by atoms with van der Waals surface area (Å²) in [5.74, 6) is -0.248. The van der Waals surface area contributed by atoms with E-state index in [2.05, 4.69) is 4.98 Å². The zero-order valence-electron chi connectivity index (χ0n) is 8.17. The smallest absolute Gasteiger partial charge is 0.129 e. The Hall–Kier alpha value is -1.41. The summed E-state index contributed by atoms with van der Waals surface area (Å²) in [6.45, 7) is 1.92. The molecule has 2 aromatic rings. The molecule has 0 saturated carbocycles.